The summed E-state index contributed by atoms with van der Waals surface area (Å²) < 4.78 is 104. The Balaban J connectivity index is 0.000000499. The summed E-state index contributed by atoms with van der Waals surface area (Å²) in [4.78, 5) is 29.4. The van der Waals surface area contributed by atoms with E-state index in [4.69, 9.17) is 6.57 Å². The van der Waals surface area contributed by atoms with E-state index in [2.05, 4.69) is 39.7 Å². The fourth-order valence-corrected chi connectivity index (χ4v) is 6.68. The van der Waals surface area contributed by atoms with E-state index in [0.29, 0.717) is 29.1 Å². The Labute approximate surface area is 521 Å². The number of pyridine rings is 5. The van der Waals surface area contributed by atoms with Crippen molar-refractivity contribution in [2.75, 3.05) is 0 Å². The second-order valence-corrected chi connectivity index (χ2v) is 15.2. The molecule has 0 radical (unpaired) electrons. The summed E-state index contributed by atoms with van der Waals surface area (Å²) >= 11 is 0. The second kappa shape index (κ2) is 34.8. The standard InChI is InChI=1S/C12H7FN2O.C12H10FNO.C11H7F2NO.2C10H6F2N2O.5Zn/c1-14-10-6-8(13)7-11(16)12(10)9-4-2-3-5-15-9;1-8-6-9(13)12(11(15)7-8)10-4-2-3-5-14-10;12-7-5-8(13)11(10(15)6-7)9-3-1-2-4-14-9;11-6-4-7(12)9(8(15)5-6)10-13-2-1-3-14-10;11-8-5-7(15)9(10(12)14-8)6-3-1-2-4-13-6;;;;;/h2-7,16H;2-7,15H,1H3;1-6,15H;1-5,15H;1-5H,(H,14,15);;;;;. The van der Waals surface area contributed by atoms with E-state index in [-0.39, 0.29) is 160 Å². The predicted molar refractivity (Wildman–Crippen MR) is 263 cm³/mol. The fraction of sp³-hybridized carbons (Fsp3) is 0.0182. The Morgan fingerprint density at radius 1 is 0.370 bits per heavy atom. The van der Waals surface area contributed by atoms with Crippen LogP contribution in [0.15, 0.2) is 171 Å². The van der Waals surface area contributed by atoms with Crippen molar-refractivity contribution in [2.24, 2.45) is 0 Å². The Kier molecular flexibility index (Phi) is 30.8. The van der Waals surface area contributed by atoms with E-state index in [1.54, 1.807) is 86.0 Å². The number of aryl methyl sites for hydroxylation is 1. The van der Waals surface area contributed by atoms with Crippen molar-refractivity contribution in [3.63, 3.8) is 0 Å². The van der Waals surface area contributed by atoms with Gasteiger partial charge in [0.2, 0.25) is 17.6 Å². The number of hydrogen-bond acceptors (Lipinski definition) is 12. The van der Waals surface area contributed by atoms with Gasteiger partial charge in [-0.2, -0.15) is 13.8 Å². The first-order valence-electron chi connectivity index (χ1n) is 21.7. The van der Waals surface area contributed by atoms with Crippen molar-refractivity contribution >= 4 is 5.69 Å². The van der Waals surface area contributed by atoms with Gasteiger partial charge in [0.25, 0.3) is 0 Å². The fourth-order valence-electron chi connectivity index (χ4n) is 6.68. The number of aromatic hydroxyl groups is 5. The summed E-state index contributed by atoms with van der Waals surface area (Å²) in [6.07, 6.45) is 8.84. The van der Waals surface area contributed by atoms with Crippen LogP contribution in [0, 0.1) is 60.3 Å². The molecule has 13 nitrogen and oxygen atoms in total. The maximum Gasteiger partial charge on any atom is 0.228 e. The van der Waals surface area contributed by atoms with E-state index >= 15 is 0 Å². The Hall–Kier alpha value is -7.24. The SMILES string of the molecule is Cc1cc(O)c(-c2ccccn2)c(F)c1.Oc1cc(F)cc(F)c1-c1ccccn1.Oc1cc(F)cc(F)c1-c1ncccn1.Oc1cc(F)nc(F)c1-c1ccccn1.[C-]#[N+]c1cc(F)cc(O)c1-c1ccccn1.[Zn].[Zn].[Zn].[Zn].[Zn]. The van der Waals surface area contributed by atoms with Crippen LogP contribution in [-0.4, -0.2) is 60.4 Å². The van der Waals surface area contributed by atoms with Gasteiger partial charge < -0.3 is 25.5 Å². The average molecular weight is 1370 g/mol. The van der Waals surface area contributed by atoms with Crippen LogP contribution < -0.4 is 0 Å². The molecular weight excluding hydrogens is 1330 g/mol. The van der Waals surface area contributed by atoms with Crippen LogP contribution in [0.5, 0.6) is 28.7 Å². The molecule has 6 heterocycles. The minimum absolute atomic E-state index is 0. The normalized spacial score (nSPS) is 9.53. The first-order chi connectivity index (χ1) is 36.4. The van der Waals surface area contributed by atoms with Crippen LogP contribution in [0.25, 0.3) is 61.3 Å². The van der Waals surface area contributed by atoms with Crippen LogP contribution in [0.1, 0.15) is 5.56 Å². The van der Waals surface area contributed by atoms with Gasteiger partial charge in [-0.3, -0.25) is 19.9 Å². The number of nitrogens with zero attached hydrogens (tertiary/aromatic N) is 8. The van der Waals surface area contributed by atoms with Gasteiger partial charge in [0.1, 0.15) is 63.7 Å². The Morgan fingerprint density at radius 2 is 0.716 bits per heavy atom. The molecule has 0 saturated carbocycles. The monoisotopic (exact) mass is 1360 g/mol. The van der Waals surface area contributed by atoms with E-state index in [0.717, 1.165) is 30.3 Å². The topological polar surface area (TPSA) is 196 Å². The van der Waals surface area contributed by atoms with E-state index < -0.39 is 64.0 Å². The number of hydrogen-bond donors (Lipinski definition) is 5. The minimum atomic E-state index is -1.08. The van der Waals surface area contributed by atoms with E-state index in [1.807, 2.05) is 0 Å². The molecule has 0 unspecified atom stereocenters. The van der Waals surface area contributed by atoms with E-state index in [9.17, 15) is 60.7 Å². The zero-order valence-electron chi connectivity index (χ0n) is 42.5. The molecule has 0 fully saturated rings. The number of phenolic OH excluding ortho intramolecular Hbond substituents is 4. The largest absolute Gasteiger partial charge is 0.508 e. The number of phenols is 4. The molecule has 0 aliphatic carbocycles. The number of aromatic nitrogens is 7. The van der Waals surface area contributed by atoms with Crippen molar-refractivity contribution in [3.8, 4) is 85.2 Å². The van der Waals surface area contributed by atoms with Gasteiger partial charge in [0, 0.05) is 177 Å². The van der Waals surface area contributed by atoms with Crippen LogP contribution in [-0.2, 0) is 97.4 Å². The van der Waals surface area contributed by atoms with Crippen molar-refractivity contribution in [3.05, 3.63) is 234 Å². The summed E-state index contributed by atoms with van der Waals surface area (Å²) in [5.41, 5.74) is 2.04. The Bertz CT molecular complexity index is 3180. The molecule has 0 bridgehead atoms. The maximum absolute atomic E-state index is 13.6. The molecule has 0 spiro atoms. The summed E-state index contributed by atoms with van der Waals surface area (Å²) in [7, 11) is 0. The first-order valence-corrected chi connectivity index (χ1v) is 21.7. The zero-order valence-corrected chi connectivity index (χ0v) is 57.4. The van der Waals surface area contributed by atoms with Crippen molar-refractivity contribution in [2.45, 2.75) is 6.92 Å². The third-order valence-corrected chi connectivity index (χ3v) is 9.86. The van der Waals surface area contributed by atoms with Gasteiger partial charge >= 0.3 is 0 Å². The number of rotatable bonds is 5. The molecule has 6 aromatic heterocycles. The van der Waals surface area contributed by atoms with Crippen LogP contribution >= 0.6 is 0 Å². The molecular formula is C55H36F8N8O5Zn5. The van der Waals surface area contributed by atoms with Gasteiger partial charge in [-0.15, -0.1) is 0 Å². The van der Waals surface area contributed by atoms with Gasteiger partial charge in [0.05, 0.1) is 51.6 Å². The summed E-state index contributed by atoms with van der Waals surface area (Å²) in [5, 5.41) is 47.4. The molecule has 5 N–H and O–H groups in total. The van der Waals surface area contributed by atoms with Crippen LogP contribution in [0.4, 0.5) is 40.8 Å². The quantitative estimate of drug-likeness (QED) is 0.0474. The van der Waals surface area contributed by atoms with Crippen molar-refractivity contribution in [1.29, 1.82) is 0 Å². The van der Waals surface area contributed by atoms with Gasteiger partial charge in [-0.1, -0.05) is 24.3 Å². The number of benzene rings is 4. The molecule has 0 amide bonds. The zero-order chi connectivity index (χ0) is 54.9. The minimum Gasteiger partial charge on any atom is -0.508 e. The molecule has 81 heavy (non-hydrogen) atoms. The van der Waals surface area contributed by atoms with Crippen molar-refractivity contribution < 1.29 is 158 Å². The molecule has 0 aliphatic heterocycles. The van der Waals surface area contributed by atoms with Gasteiger partial charge in [-0.25, -0.2) is 41.2 Å². The molecule has 0 saturated heterocycles. The molecule has 26 heteroatoms. The average Bonchev–Trinajstić information content (AvgIpc) is 3.38. The molecule has 10 aromatic rings. The van der Waals surface area contributed by atoms with E-state index in [1.165, 1.54) is 49.1 Å². The van der Waals surface area contributed by atoms with Gasteiger partial charge in [0.15, 0.2) is 5.82 Å². The third-order valence-electron chi connectivity index (χ3n) is 9.86. The maximum atomic E-state index is 13.6. The third kappa shape index (κ3) is 20.1. The first kappa shape index (κ1) is 71.8. The summed E-state index contributed by atoms with van der Waals surface area (Å²) in [5.74, 6) is -8.42. The smallest absolute Gasteiger partial charge is 0.228 e. The molecule has 4 aromatic carbocycles. The van der Waals surface area contributed by atoms with Crippen molar-refractivity contribution in [1.82, 2.24) is 34.9 Å². The second-order valence-electron chi connectivity index (χ2n) is 15.2. The summed E-state index contributed by atoms with van der Waals surface area (Å²) in [6.45, 7) is 8.67. The van der Waals surface area contributed by atoms with Crippen LogP contribution in [0.2, 0.25) is 0 Å². The summed E-state index contributed by atoms with van der Waals surface area (Å²) in [6, 6.07) is 30.2. The predicted octanol–water partition coefficient (Wildman–Crippen LogP) is 13.0. The number of halogens is 8. The molecule has 0 aliphatic rings. The van der Waals surface area contributed by atoms with Gasteiger partial charge in [-0.05, 0) is 85.3 Å². The Morgan fingerprint density at radius 3 is 1.10 bits per heavy atom. The van der Waals surface area contributed by atoms with Crippen LogP contribution in [0.3, 0.4) is 0 Å². The molecule has 392 valence electrons. The molecule has 10 rings (SSSR count). The molecule has 0 atom stereocenters.